The molecule has 33 heavy (non-hydrogen) atoms. The summed E-state index contributed by atoms with van der Waals surface area (Å²) in [4.78, 5) is 29.2. The quantitative estimate of drug-likeness (QED) is 0.689. The second-order valence-electron chi connectivity index (χ2n) is 9.25. The number of hydrogen-bond acceptors (Lipinski definition) is 6. The maximum atomic E-state index is 13.8. The Balaban J connectivity index is 1.51. The summed E-state index contributed by atoms with van der Waals surface area (Å²) < 4.78 is 25.1. The molecule has 2 unspecified atom stereocenters. The highest BCUT2D eigenvalue weighted by Gasteiger charge is 2.46. The largest absolute Gasteiger partial charge is 0.440 e. The number of H-pyrrole nitrogens is 1. The number of ether oxygens (including phenoxy) is 2. The topological polar surface area (TPSA) is 99.8 Å². The maximum absolute atomic E-state index is 13.8. The Labute approximate surface area is 192 Å². The molecule has 178 valence electrons. The van der Waals surface area contributed by atoms with E-state index in [9.17, 15) is 14.0 Å². The van der Waals surface area contributed by atoms with Crippen molar-refractivity contribution >= 4 is 17.8 Å². The molecule has 2 aromatic rings. The van der Waals surface area contributed by atoms with Gasteiger partial charge in [0.2, 0.25) is 0 Å². The Hall–Kier alpha value is -2.98. The van der Waals surface area contributed by atoms with Crippen LogP contribution in [0.2, 0.25) is 0 Å². The van der Waals surface area contributed by atoms with Gasteiger partial charge in [-0.2, -0.15) is 5.10 Å². The van der Waals surface area contributed by atoms with Crippen LogP contribution in [0.3, 0.4) is 0 Å². The highest BCUT2D eigenvalue weighted by Crippen LogP contribution is 2.41. The predicted octanol–water partition coefficient (Wildman–Crippen LogP) is 3.16. The van der Waals surface area contributed by atoms with Crippen LogP contribution < -0.4 is 5.32 Å². The predicted molar refractivity (Wildman–Crippen MR) is 119 cm³/mol. The van der Waals surface area contributed by atoms with Crippen molar-refractivity contribution in [2.45, 2.75) is 51.0 Å². The van der Waals surface area contributed by atoms with Gasteiger partial charge in [-0.25, -0.2) is 9.18 Å². The summed E-state index contributed by atoms with van der Waals surface area (Å²) in [7, 11) is 3.72. The van der Waals surface area contributed by atoms with Gasteiger partial charge in [-0.3, -0.25) is 14.8 Å². The average molecular weight is 460 g/mol. The average Bonchev–Trinajstić information content (AvgIpc) is 3.46. The first-order valence-corrected chi connectivity index (χ1v) is 11.1. The van der Waals surface area contributed by atoms with Gasteiger partial charge in [0.25, 0.3) is 5.91 Å². The number of nitrogens with zero attached hydrogens (tertiary/aromatic N) is 3. The van der Waals surface area contributed by atoms with Gasteiger partial charge < -0.3 is 19.7 Å². The number of halogens is 1. The lowest BCUT2D eigenvalue weighted by atomic mass is 10.0. The van der Waals surface area contributed by atoms with Gasteiger partial charge in [0.1, 0.15) is 23.8 Å². The van der Waals surface area contributed by atoms with Crippen LogP contribution in [-0.4, -0.2) is 65.3 Å². The molecule has 3 heterocycles. The summed E-state index contributed by atoms with van der Waals surface area (Å²) in [6.07, 6.45) is -0.125. The fourth-order valence-corrected chi connectivity index (χ4v) is 4.33. The standard InChI is InChI=1S/C23H30FN5O4/c1-23(2)19-16(20(27-26-19)25-21(30)17-9-6-10-32-17)12-29(23)22(31)33-18(13-28(3)4)14-7-5-8-15(24)11-14/h5,7-8,11,17-18H,6,9-10,12-13H2,1-4H3,(H2,25,26,27,30). The van der Waals surface area contributed by atoms with E-state index in [4.69, 9.17) is 9.47 Å². The minimum absolute atomic E-state index is 0.219. The van der Waals surface area contributed by atoms with Crippen molar-refractivity contribution in [2.75, 3.05) is 32.6 Å². The summed E-state index contributed by atoms with van der Waals surface area (Å²) in [6.45, 7) is 4.94. The fourth-order valence-electron chi connectivity index (χ4n) is 4.33. The Morgan fingerprint density at radius 1 is 1.42 bits per heavy atom. The molecule has 2 amide bonds. The number of likely N-dealkylation sites (N-methyl/N-ethyl adjacent to an activating group) is 1. The molecular weight excluding hydrogens is 429 g/mol. The molecule has 0 spiro atoms. The molecule has 4 rings (SSSR count). The van der Waals surface area contributed by atoms with Crippen LogP contribution in [0.1, 0.15) is 49.6 Å². The highest BCUT2D eigenvalue weighted by molar-refractivity contribution is 5.94. The highest BCUT2D eigenvalue weighted by atomic mass is 19.1. The lowest BCUT2D eigenvalue weighted by molar-refractivity contribution is -0.124. The molecular formula is C23H30FN5O4. The third-order valence-electron chi connectivity index (χ3n) is 6.12. The number of rotatable bonds is 6. The SMILES string of the molecule is CN(C)CC(OC(=O)N1Cc2c(n[nH]c2NC(=O)C2CCCO2)C1(C)C)c1cccc(F)c1. The maximum Gasteiger partial charge on any atom is 0.411 e. The Bertz CT molecular complexity index is 1030. The summed E-state index contributed by atoms with van der Waals surface area (Å²) in [5.41, 5.74) is 1.22. The number of nitrogens with one attached hydrogen (secondary N) is 2. The summed E-state index contributed by atoms with van der Waals surface area (Å²) in [5.74, 6) is -0.153. The van der Waals surface area contributed by atoms with Crippen LogP contribution in [0, 0.1) is 5.82 Å². The number of carbonyl (C=O) groups excluding carboxylic acids is 2. The van der Waals surface area contributed by atoms with E-state index in [0.717, 1.165) is 12.0 Å². The van der Waals surface area contributed by atoms with Crippen molar-refractivity contribution in [3.05, 3.63) is 46.9 Å². The second kappa shape index (κ2) is 9.11. The summed E-state index contributed by atoms with van der Waals surface area (Å²) in [6, 6.07) is 6.07. The number of aromatic amines is 1. The number of benzene rings is 1. The molecule has 0 bridgehead atoms. The van der Waals surface area contributed by atoms with E-state index in [1.165, 1.54) is 12.1 Å². The second-order valence-corrected chi connectivity index (χ2v) is 9.25. The molecule has 1 saturated heterocycles. The number of hydrogen-bond donors (Lipinski definition) is 2. The Morgan fingerprint density at radius 2 is 2.21 bits per heavy atom. The van der Waals surface area contributed by atoms with E-state index in [1.54, 1.807) is 17.0 Å². The van der Waals surface area contributed by atoms with Gasteiger partial charge in [-0.15, -0.1) is 0 Å². The van der Waals surface area contributed by atoms with Gasteiger partial charge >= 0.3 is 6.09 Å². The third kappa shape index (κ3) is 4.72. The van der Waals surface area contributed by atoms with Crippen molar-refractivity contribution in [2.24, 2.45) is 0 Å². The van der Waals surface area contributed by atoms with Crippen molar-refractivity contribution in [3.8, 4) is 0 Å². The zero-order valence-electron chi connectivity index (χ0n) is 19.4. The van der Waals surface area contributed by atoms with Crippen molar-refractivity contribution in [1.82, 2.24) is 20.0 Å². The molecule has 9 nitrogen and oxygen atoms in total. The molecule has 2 N–H and O–H groups in total. The van der Waals surface area contributed by atoms with E-state index in [0.29, 0.717) is 36.6 Å². The number of carbonyl (C=O) groups is 2. The molecule has 1 aromatic carbocycles. The van der Waals surface area contributed by atoms with Crippen LogP contribution >= 0.6 is 0 Å². The fraction of sp³-hybridized carbons (Fsp3) is 0.522. The lowest BCUT2D eigenvalue weighted by Crippen LogP contribution is -2.42. The number of aromatic nitrogens is 2. The van der Waals surface area contributed by atoms with Crippen LogP contribution in [0.25, 0.3) is 0 Å². The van der Waals surface area contributed by atoms with Crippen molar-refractivity contribution in [3.63, 3.8) is 0 Å². The normalized spacial score (nSPS) is 20.1. The van der Waals surface area contributed by atoms with Crippen LogP contribution in [-0.2, 0) is 26.4 Å². The summed E-state index contributed by atoms with van der Waals surface area (Å²) >= 11 is 0. The van der Waals surface area contributed by atoms with E-state index in [1.807, 2.05) is 32.8 Å². The molecule has 2 aliphatic rings. The minimum atomic E-state index is -0.764. The number of anilines is 1. The smallest absolute Gasteiger partial charge is 0.411 e. The van der Waals surface area contributed by atoms with E-state index >= 15 is 0 Å². The first-order chi connectivity index (χ1) is 15.7. The zero-order chi connectivity index (χ0) is 23.8. The van der Waals surface area contributed by atoms with Gasteiger partial charge in [0.15, 0.2) is 0 Å². The van der Waals surface area contributed by atoms with E-state index < -0.39 is 23.8 Å². The lowest BCUT2D eigenvalue weighted by Gasteiger charge is -2.32. The van der Waals surface area contributed by atoms with Crippen LogP contribution in [0.15, 0.2) is 24.3 Å². The molecule has 10 heteroatoms. The molecule has 1 fully saturated rings. The number of fused-ring (bicyclic) bond motifs is 1. The van der Waals surface area contributed by atoms with Gasteiger partial charge in [-0.05, 0) is 58.5 Å². The van der Waals surface area contributed by atoms with Crippen LogP contribution in [0.4, 0.5) is 15.0 Å². The minimum Gasteiger partial charge on any atom is -0.440 e. The van der Waals surface area contributed by atoms with Crippen molar-refractivity contribution < 1.29 is 23.5 Å². The molecule has 0 radical (unpaired) electrons. The zero-order valence-corrected chi connectivity index (χ0v) is 19.4. The molecule has 2 atom stereocenters. The molecule has 0 aliphatic carbocycles. The van der Waals surface area contributed by atoms with E-state index in [-0.39, 0.29) is 18.3 Å². The van der Waals surface area contributed by atoms with E-state index in [2.05, 4.69) is 15.5 Å². The Kier molecular flexibility index (Phi) is 6.40. The monoisotopic (exact) mass is 459 g/mol. The van der Waals surface area contributed by atoms with Crippen molar-refractivity contribution in [1.29, 1.82) is 0 Å². The molecule has 1 aromatic heterocycles. The van der Waals surface area contributed by atoms with Gasteiger partial charge in [0.05, 0.1) is 17.8 Å². The van der Waals surface area contributed by atoms with Gasteiger partial charge in [-0.1, -0.05) is 12.1 Å². The first kappa shape index (κ1) is 23.2. The summed E-state index contributed by atoms with van der Waals surface area (Å²) in [5, 5.41) is 10.1. The Morgan fingerprint density at radius 3 is 2.88 bits per heavy atom. The van der Waals surface area contributed by atoms with Gasteiger partial charge in [0, 0.05) is 18.7 Å². The molecule has 0 saturated carbocycles. The number of amides is 2. The molecule has 2 aliphatic heterocycles. The van der Waals surface area contributed by atoms with Crippen LogP contribution in [0.5, 0.6) is 0 Å². The third-order valence-corrected chi connectivity index (χ3v) is 6.12. The first-order valence-electron chi connectivity index (χ1n) is 11.1.